The van der Waals surface area contributed by atoms with Gasteiger partial charge in [-0.3, -0.25) is 0 Å². The zero-order valence-electron chi connectivity index (χ0n) is 17.2. The molecule has 0 saturated carbocycles. The number of rotatable bonds is 9. The molecule has 1 heterocycles. The number of nitrogens with one attached hydrogen (secondary N) is 2. The standard InChI is InChI=1S/C21H30N4O3/c1-5-18-17(19(6-2)28-25-18)14-24-21(22-7-3)23-13-12-15-8-10-16(11-9-15)20(26)27-4/h8-11H,5-7,12-14H2,1-4H3,(H2,22,23,24). The molecular weight excluding hydrogens is 356 g/mol. The number of benzene rings is 1. The molecule has 0 aliphatic heterocycles. The summed E-state index contributed by atoms with van der Waals surface area (Å²) in [4.78, 5) is 16.2. The highest BCUT2D eigenvalue weighted by Crippen LogP contribution is 2.16. The molecule has 2 N–H and O–H groups in total. The Morgan fingerprint density at radius 1 is 1.14 bits per heavy atom. The number of hydrogen-bond acceptors (Lipinski definition) is 5. The van der Waals surface area contributed by atoms with Crippen molar-refractivity contribution in [1.29, 1.82) is 0 Å². The van der Waals surface area contributed by atoms with Crippen molar-refractivity contribution in [3.63, 3.8) is 0 Å². The van der Waals surface area contributed by atoms with E-state index in [9.17, 15) is 4.79 Å². The maximum Gasteiger partial charge on any atom is 0.337 e. The lowest BCUT2D eigenvalue weighted by atomic mass is 10.1. The summed E-state index contributed by atoms with van der Waals surface area (Å²) in [6.45, 7) is 8.22. The van der Waals surface area contributed by atoms with Crippen LogP contribution in [0.3, 0.4) is 0 Å². The molecule has 28 heavy (non-hydrogen) atoms. The van der Waals surface area contributed by atoms with E-state index in [1.807, 2.05) is 19.1 Å². The number of aromatic nitrogens is 1. The number of carbonyl (C=O) groups is 1. The first-order valence-electron chi connectivity index (χ1n) is 9.78. The van der Waals surface area contributed by atoms with E-state index < -0.39 is 0 Å². The molecule has 0 spiro atoms. The number of ether oxygens (including phenoxy) is 1. The Labute approximate surface area is 166 Å². The first-order valence-corrected chi connectivity index (χ1v) is 9.78. The molecular formula is C21H30N4O3. The number of hydrogen-bond donors (Lipinski definition) is 2. The first kappa shape index (κ1) is 21.5. The van der Waals surface area contributed by atoms with Gasteiger partial charge in [-0.25, -0.2) is 9.79 Å². The monoisotopic (exact) mass is 386 g/mol. The van der Waals surface area contributed by atoms with Crippen LogP contribution in [0.25, 0.3) is 0 Å². The van der Waals surface area contributed by atoms with E-state index in [1.54, 1.807) is 12.1 Å². The summed E-state index contributed by atoms with van der Waals surface area (Å²) >= 11 is 0. The summed E-state index contributed by atoms with van der Waals surface area (Å²) in [5.41, 5.74) is 3.75. The van der Waals surface area contributed by atoms with Crippen molar-refractivity contribution in [2.24, 2.45) is 4.99 Å². The van der Waals surface area contributed by atoms with Crippen LogP contribution in [-0.4, -0.2) is 37.3 Å². The molecule has 0 aliphatic rings. The van der Waals surface area contributed by atoms with Gasteiger partial charge in [-0.1, -0.05) is 31.1 Å². The van der Waals surface area contributed by atoms with Gasteiger partial charge in [-0.05, 0) is 37.5 Å². The quantitative estimate of drug-likeness (QED) is 0.391. The van der Waals surface area contributed by atoms with Gasteiger partial charge in [0.1, 0.15) is 5.76 Å². The van der Waals surface area contributed by atoms with Crippen LogP contribution in [-0.2, 0) is 30.5 Å². The minimum absolute atomic E-state index is 0.321. The van der Waals surface area contributed by atoms with Crippen LogP contribution in [0.5, 0.6) is 0 Å². The number of nitrogens with zero attached hydrogens (tertiary/aromatic N) is 2. The van der Waals surface area contributed by atoms with E-state index in [1.165, 1.54) is 7.11 Å². The van der Waals surface area contributed by atoms with E-state index in [2.05, 4.69) is 34.6 Å². The summed E-state index contributed by atoms with van der Waals surface area (Å²) in [7, 11) is 1.38. The van der Waals surface area contributed by atoms with E-state index in [0.717, 1.165) is 60.9 Å². The number of aryl methyl sites for hydroxylation is 2. The topological polar surface area (TPSA) is 88.8 Å². The molecule has 0 fully saturated rings. The van der Waals surface area contributed by atoms with Gasteiger partial charge < -0.3 is 19.9 Å². The molecule has 0 radical (unpaired) electrons. The molecule has 0 aliphatic carbocycles. The Morgan fingerprint density at radius 3 is 2.50 bits per heavy atom. The zero-order valence-corrected chi connectivity index (χ0v) is 17.2. The van der Waals surface area contributed by atoms with E-state index in [-0.39, 0.29) is 5.97 Å². The highest BCUT2D eigenvalue weighted by Gasteiger charge is 2.13. The largest absolute Gasteiger partial charge is 0.465 e. The Kier molecular flexibility index (Phi) is 8.52. The lowest BCUT2D eigenvalue weighted by molar-refractivity contribution is 0.0600. The van der Waals surface area contributed by atoms with Crippen LogP contribution < -0.4 is 10.6 Å². The normalized spacial score (nSPS) is 11.4. The fourth-order valence-corrected chi connectivity index (χ4v) is 2.87. The van der Waals surface area contributed by atoms with Gasteiger partial charge in [0.15, 0.2) is 5.96 Å². The average molecular weight is 386 g/mol. The summed E-state index contributed by atoms with van der Waals surface area (Å²) < 4.78 is 10.1. The lowest BCUT2D eigenvalue weighted by Gasteiger charge is -2.11. The molecule has 2 aromatic rings. The molecule has 1 aromatic heterocycles. The van der Waals surface area contributed by atoms with Crippen LogP contribution in [0.15, 0.2) is 33.8 Å². The number of guanidine groups is 1. The molecule has 0 saturated heterocycles. The van der Waals surface area contributed by atoms with Crippen LogP contribution in [0, 0.1) is 0 Å². The second-order valence-electron chi connectivity index (χ2n) is 6.30. The summed E-state index contributed by atoms with van der Waals surface area (Å²) in [6, 6.07) is 7.45. The first-order chi connectivity index (χ1) is 13.6. The fraction of sp³-hybridized carbons (Fsp3) is 0.476. The molecule has 2 rings (SSSR count). The van der Waals surface area contributed by atoms with Crippen molar-refractivity contribution in [1.82, 2.24) is 15.8 Å². The van der Waals surface area contributed by atoms with Crippen molar-refractivity contribution < 1.29 is 14.1 Å². The van der Waals surface area contributed by atoms with Crippen molar-refractivity contribution in [2.75, 3.05) is 20.2 Å². The molecule has 152 valence electrons. The third-order valence-corrected chi connectivity index (χ3v) is 4.43. The molecule has 0 amide bonds. The van der Waals surface area contributed by atoms with Gasteiger partial charge in [0.25, 0.3) is 0 Å². The Bertz CT molecular complexity index is 760. The highest BCUT2D eigenvalue weighted by molar-refractivity contribution is 5.89. The predicted molar refractivity (Wildman–Crippen MR) is 110 cm³/mol. The molecule has 1 aromatic carbocycles. The van der Waals surface area contributed by atoms with Crippen molar-refractivity contribution >= 4 is 11.9 Å². The molecule has 7 heteroatoms. The van der Waals surface area contributed by atoms with Crippen LogP contribution in [0.1, 0.15) is 53.7 Å². The molecule has 0 bridgehead atoms. The lowest BCUT2D eigenvalue weighted by Crippen LogP contribution is -2.38. The molecule has 7 nitrogen and oxygen atoms in total. The Morgan fingerprint density at radius 2 is 1.89 bits per heavy atom. The maximum atomic E-state index is 11.5. The van der Waals surface area contributed by atoms with Crippen molar-refractivity contribution in [3.05, 3.63) is 52.4 Å². The maximum absolute atomic E-state index is 11.5. The van der Waals surface area contributed by atoms with Gasteiger partial charge in [-0.15, -0.1) is 0 Å². The van der Waals surface area contributed by atoms with Gasteiger partial charge in [-0.2, -0.15) is 0 Å². The fourth-order valence-electron chi connectivity index (χ4n) is 2.87. The smallest absolute Gasteiger partial charge is 0.337 e. The SMILES string of the molecule is CCNC(=NCc1c(CC)noc1CC)NCCc1ccc(C(=O)OC)cc1. The highest BCUT2D eigenvalue weighted by atomic mass is 16.5. The predicted octanol–water partition coefficient (Wildman–Crippen LogP) is 2.88. The third kappa shape index (κ3) is 5.84. The van der Waals surface area contributed by atoms with Crippen molar-refractivity contribution in [3.8, 4) is 0 Å². The second-order valence-corrected chi connectivity index (χ2v) is 6.30. The number of carbonyl (C=O) groups excluding carboxylic acids is 1. The second kappa shape index (κ2) is 11.1. The summed E-state index contributed by atoms with van der Waals surface area (Å²) in [6.07, 6.45) is 2.46. The number of methoxy groups -OCH3 is 1. The number of aliphatic imine (C=N–C) groups is 1. The van der Waals surface area contributed by atoms with E-state index in [0.29, 0.717) is 12.1 Å². The van der Waals surface area contributed by atoms with Gasteiger partial charge in [0.05, 0.1) is 24.9 Å². The summed E-state index contributed by atoms with van der Waals surface area (Å²) in [5, 5.41) is 10.8. The average Bonchev–Trinajstić information content (AvgIpc) is 3.13. The van der Waals surface area contributed by atoms with Crippen molar-refractivity contribution in [2.45, 2.75) is 46.6 Å². The van der Waals surface area contributed by atoms with Gasteiger partial charge in [0, 0.05) is 25.1 Å². The van der Waals surface area contributed by atoms with E-state index in [4.69, 9.17) is 9.26 Å². The Balaban J connectivity index is 1.94. The van der Waals surface area contributed by atoms with Gasteiger partial charge in [0.2, 0.25) is 0 Å². The van der Waals surface area contributed by atoms with Crippen LogP contribution in [0.2, 0.25) is 0 Å². The minimum Gasteiger partial charge on any atom is -0.465 e. The third-order valence-electron chi connectivity index (χ3n) is 4.43. The van der Waals surface area contributed by atoms with E-state index >= 15 is 0 Å². The number of esters is 1. The summed E-state index contributed by atoms with van der Waals surface area (Å²) in [5.74, 6) is 1.35. The van der Waals surface area contributed by atoms with Gasteiger partial charge >= 0.3 is 5.97 Å². The van der Waals surface area contributed by atoms with Crippen LogP contribution >= 0.6 is 0 Å². The van der Waals surface area contributed by atoms with Crippen LogP contribution in [0.4, 0.5) is 0 Å². The molecule has 0 unspecified atom stereocenters. The minimum atomic E-state index is -0.321. The Hall–Kier alpha value is -2.83. The molecule has 0 atom stereocenters. The zero-order chi connectivity index (χ0) is 20.4.